The number of aliphatic hydroxyl groups excluding tert-OH is 1. The van der Waals surface area contributed by atoms with E-state index in [1.54, 1.807) is 19.2 Å². The summed E-state index contributed by atoms with van der Waals surface area (Å²) in [6, 6.07) is 3.13. The van der Waals surface area contributed by atoms with Crippen LogP contribution in [0.4, 0.5) is 4.39 Å². The van der Waals surface area contributed by atoms with Crippen molar-refractivity contribution in [1.82, 2.24) is 20.7 Å². The van der Waals surface area contributed by atoms with Crippen molar-refractivity contribution < 1.29 is 14.2 Å². The predicted molar refractivity (Wildman–Crippen MR) is 173 cm³/mol. The van der Waals surface area contributed by atoms with Crippen molar-refractivity contribution in [1.29, 1.82) is 0 Å². The van der Waals surface area contributed by atoms with Gasteiger partial charge in [0.25, 0.3) is 0 Å². The van der Waals surface area contributed by atoms with Gasteiger partial charge in [-0.1, -0.05) is 40.5 Å². The number of hydrazine groups is 1. The molecule has 0 spiro atoms. The highest BCUT2D eigenvalue weighted by Gasteiger charge is 2.33. The average molecular weight is 581 g/mol. The number of terminal acetylenes is 1. The van der Waals surface area contributed by atoms with Crippen LogP contribution >= 0.6 is 0 Å². The third-order valence-corrected chi connectivity index (χ3v) is 7.34. The highest BCUT2D eigenvalue weighted by Crippen LogP contribution is 2.36. The van der Waals surface area contributed by atoms with Gasteiger partial charge in [-0.05, 0) is 49.6 Å². The summed E-state index contributed by atoms with van der Waals surface area (Å²) >= 11 is 0. The Morgan fingerprint density at radius 2 is 1.98 bits per heavy atom. The molecule has 3 rings (SSSR count). The number of allylic oxidation sites excluding steroid dienone is 1. The topological polar surface area (TPSA) is 84.7 Å². The van der Waals surface area contributed by atoms with Crippen molar-refractivity contribution >= 4 is 17.7 Å². The lowest BCUT2D eigenvalue weighted by Crippen LogP contribution is -2.37. The van der Waals surface area contributed by atoms with Gasteiger partial charge in [0.15, 0.2) is 5.84 Å². The molecule has 0 radical (unpaired) electrons. The zero-order valence-corrected chi connectivity index (χ0v) is 27.0. The second kappa shape index (κ2) is 15.7. The highest BCUT2D eigenvalue weighted by molar-refractivity contribution is 6.32. The molecule has 0 aromatic heterocycles. The Hall–Kier alpha value is -3.45. The lowest BCUT2D eigenvalue weighted by molar-refractivity contribution is 0.0392. The molecule has 1 aromatic carbocycles. The lowest BCUT2D eigenvalue weighted by Gasteiger charge is -2.34. The van der Waals surface area contributed by atoms with Crippen LogP contribution in [-0.2, 0) is 0 Å². The molecule has 0 aliphatic carbocycles. The standard InChI is InChI=1S/C31H43FN6O2.C2H6/c1-10-23(30(39)31(4,5)6)24(21(3)37(9)34-8)13-14-40-29-20(2)26(32)12-11-25(29)27-19-38-18-22(15-33-7)16-36-28(38)17-35-27;1-2/h1,11-12,16-17,19,23,30,33-34,39H,13-15,18H2,2-9H3;1-2H3/b24-21-;. The Bertz CT molecular complexity index is 1280. The Kier molecular flexibility index (Phi) is 13.0. The maximum Gasteiger partial charge on any atom is 0.151 e. The Morgan fingerprint density at radius 1 is 1.29 bits per heavy atom. The van der Waals surface area contributed by atoms with Crippen LogP contribution in [-0.4, -0.2) is 74.0 Å². The van der Waals surface area contributed by atoms with Gasteiger partial charge in [0, 0.05) is 62.8 Å². The smallest absolute Gasteiger partial charge is 0.151 e. The van der Waals surface area contributed by atoms with Gasteiger partial charge in [-0.25, -0.2) is 14.8 Å². The van der Waals surface area contributed by atoms with Crippen LogP contribution in [0.5, 0.6) is 5.75 Å². The van der Waals surface area contributed by atoms with E-state index in [4.69, 9.17) is 11.2 Å². The predicted octanol–water partition coefficient (Wildman–Crippen LogP) is 5.13. The molecular weight excluding hydrogens is 531 g/mol. The SMILES string of the molecule is C#CC(/C(CCOc1c(C2=CN3CC(CNC)=CN=C3C=N2)ccc(F)c1C)=C(/C)N(C)NC)C(O)C(C)(C)C.CC. The molecule has 3 N–H and O–H groups in total. The number of ether oxygens (including phenoxy) is 1. The minimum absolute atomic E-state index is 0.235. The van der Waals surface area contributed by atoms with E-state index in [0.29, 0.717) is 35.5 Å². The van der Waals surface area contributed by atoms with Crippen LogP contribution in [0.25, 0.3) is 5.70 Å². The summed E-state index contributed by atoms with van der Waals surface area (Å²) in [7, 11) is 5.61. The second-order valence-corrected chi connectivity index (χ2v) is 11.2. The van der Waals surface area contributed by atoms with Gasteiger partial charge in [-0.15, -0.1) is 6.42 Å². The number of aliphatic imine (C=N–C) groups is 2. The second-order valence-electron chi connectivity index (χ2n) is 11.2. The van der Waals surface area contributed by atoms with Gasteiger partial charge < -0.3 is 25.1 Å². The fourth-order valence-corrected chi connectivity index (χ4v) is 4.71. The molecule has 0 saturated carbocycles. The highest BCUT2D eigenvalue weighted by atomic mass is 19.1. The van der Waals surface area contributed by atoms with Crippen molar-refractivity contribution in [2.75, 3.05) is 40.8 Å². The zero-order chi connectivity index (χ0) is 31.6. The minimum atomic E-state index is -0.761. The van der Waals surface area contributed by atoms with Gasteiger partial charge in [0.05, 0.1) is 30.5 Å². The molecule has 9 heteroatoms. The molecule has 42 heavy (non-hydrogen) atoms. The maximum atomic E-state index is 14.8. The summed E-state index contributed by atoms with van der Waals surface area (Å²) in [6.45, 7) is 15.2. The Morgan fingerprint density at radius 3 is 2.57 bits per heavy atom. The number of hydrogen-bond acceptors (Lipinski definition) is 8. The van der Waals surface area contributed by atoms with Crippen LogP contribution < -0.4 is 15.5 Å². The maximum absolute atomic E-state index is 14.8. The van der Waals surface area contributed by atoms with Gasteiger partial charge >= 0.3 is 0 Å². The van der Waals surface area contributed by atoms with E-state index in [9.17, 15) is 9.50 Å². The van der Waals surface area contributed by atoms with Crippen molar-refractivity contribution in [2.45, 2.75) is 61.0 Å². The third kappa shape index (κ3) is 8.31. The molecule has 1 aromatic rings. The summed E-state index contributed by atoms with van der Waals surface area (Å²) in [5, 5.41) is 16.1. The van der Waals surface area contributed by atoms with Crippen molar-refractivity contribution in [2.24, 2.45) is 21.3 Å². The number of fused-ring (bicyclic) bond motifs is 1. The van der Waals surface area contributed by atoms with Gasteiger partial charge in [-0.3, -0.25) is 4.99 Å². The van der Waals surface area contributed by atoms with Gasteiger partial charge in [0.1, 0.15) is 11.6 Å². The van der Waals surface area contributed by atoms with E-state index in [0.717, 1.165) is 29.2 Å². The number of benzene rings is 1. The number of likely N-dealkylation sites (N-methyl/N-ethyl adjacent to an activating group) is 1. The molecule has 8 nitrogen and oxygen atoms in total. The summed E-state index contributed by atoms with van der Waals surface area (Å²) in [5.41, 5.74) is 7.36. The Balaban J connectivity index is 0.00000301. The molecule has 0 fully saturated rings. The van der Waals surface area contributed by atoms with Crippen molar-refractivity contribution in [3.05, 3.63) is 58.3 Å². The zero-order valence-electron chi connectivity index (χ0n) is 27.0. The summed E-state index contributed by atoms with van der Waals surface area (Å²) in [6.07, 6.45) is 11.1. The number of amidine groups is 1. The molecule has 230 valence electrons. The van der Waals surface area contributed by atoms with E-state index in [-0.39, 0.29) is 12.4 Å². The van der Waals surface area contributed by atoms with Crippen LogP contribution in [0, 0.1) is 36.4 Å². The molecule has 0 saturated heterocycles. The molecule has 2 unspecified atom stereocenters. The van der Waals surface area contributed by atoms with E-state index < -0.39 is 17.4 Å². The van der Waals surface area contributed by atoms with Crippen molar-refractivity contribution in [3.63, 3.8) is 0 Å². The number of rotatable bonds is 11. The number of nitrogens with zero attached hydrogens (tertiary/aromatic N) is 4. The molecular formula is C33H49FN6O2. The summed E-state index contributed by atoms with van der Waals surface area (Å²) in [4.78, 5) is 11.1. The number of hydrogen-bond donors (Lipinski definition) is 3. The van der Waals surface area contributed by atoms with Gasteiger partial charge in [0.2, 0.25) is 0 Å². The minimum Gasteiger partial charge on any atom is -0.492 e. The number of halogens is 1. The van der Waals surface area contributed by atoms with E-state index >= 15 is 0 Å². The van der Waals surface area contributed by atoms with Crippen molar-refractivity contribution in [3.8, 4) is 18.1 Å². The summed E-state index contributed by atoms with van der Waals surface area (Å²) in [5.74, 6) is 3.11. The van der Waals surface area contributed by atoms with E-state index in [1.165, 1.54) is 6.07 Å². The number of aliphatic hydroxyl groups is 1. The first-order valence-electron chi connectivity index (χ1n) is 14.5. The fourth-order valence-electron chi connectivity index (χ4n) is 4.71. The average Bonchev–Trinajstić information content (AvgIpc) is 2.98. The van der Waals surface area contributed by atoms with Crippen LogP contribution in [0.15, 0.2) is 51.4 Å². The van der Waals surface area contributed by atoms with Crippen LogP contribution in [0.2, 0.25) is 0 Å². The van der Waals surface area contributed by atoms with Crippen LogP contribution in [0.1, 0.15) is 59.1 Å². The largest absolute Gasteiger partial charge is 0.492 e. The third-order valence-electron chi connectivity index (χ3n) is 7.34. The van der Waals surface area contributed by atoms with E-state index in [2.05, 4.69) is 26.6 Å². The molecule has 2 atom stereocenters. The molecule has 2 aliphatic rings. The summed E-state index contributed by atoms with van der Waals surface area (Å²) < 4.78 is 21.1. The monoisotopic (exact) mass is 580 g/mol. The fraction of sp³-hybridized carbons (Fsp3) is 0.515. The normalized spacial score (nSPS) is 16.5. The molecule has 0 amide bonds. The first-order chi connectivity index (χ1) is 19.9. The van der Waals surface area contributed by atoms with Gasteiger partial charge in [-0.2, -0.15) is 0 Å². The number of nitrogens with one attached hydrogen (secondary N) is 2. The first kappa shape index (κ1) is 34.7. The molecule has 2 heterocycles. The molecule has 0 bridgehead atoms. The first-order valence-corrected chi connectivity index (χ1v) is 14.5. The quantitative estimate of drug-likeness (QED) is 0.249. The Labute approximate surface area is 252 Å². The lowest BCUT2D eigenvalue weighted by atomic mass is 9.77. The van der Waals surface area contributed by atoms with E-state index in [1.807, 2.05) is 85.0 Å². The van der Waals surface area contributed by atoms with Crippen LogP contribution in [0.3, 0.4) is 0 Å². The molecule has 2 aliphatic heterocycles.